The van der Waals surface area contributed by atoms with Crippen LogP contribution in [0.2, 0.25) is 0 Å². The number of fused-ring (bicyclic) bond motifs is 2. The highest BCUT2D eigenvalue weighted by Gasteiger charge is 2.37. The van der Waals surface area contributed by atoms with Gasteiger partial charge in [-0.25, -0.2) is 26.3 Å². The van der Waals surface area contributed by atoms with Crippen LogP contribution in [0.4, 0.5) is 11.4 Å². The summed E-state index contributed by atoms with van der Waals surface area (Å²) >= 11 is 0. The molecule has 2 heterocycles. The number of rotatable bonds is 14. The number of anilines is 2. The minimum Gasteiger partial charge on any atom is -0.321 e. The van der Waals surface area contributed by atoms with E-state index < -0.39 is 20.0 Å². The molecule has 0 aliphatic carbocycles. The average molecular weight is 1080 g/mol. The van der Waals surface area contributed by atoms with E-state index in [2.05, 4.69) is 81.8 Å². The lowest BCUT2D eigenvalue weighted by molar-refractivity contribution is 0.101. The zero-order chi connectivity index (χ0) is 55.1. The Hall–Kier alpha value is -7.04. The summed E-state index contributed by atoms with van der Waals surface area (Å²) in [5, 5.41) is 8.48. The molecule has 0 bridgehead atoms. The molecule has 10 rings (SSSR count). The summed E-state index contributed by atoms with van der Waals surface area (Å²) in [6.45, 7) is 17.2. The van der Waals surface area contributed by atoms with Crippen LogP contribution in [-0.4, -0.2) is 76.7 Å². The first kappa shape index (κ1) is 55.7. The highest BCUT2D eigenvalue weighted by atomic mass is 32.2. The first-order valence-corrected chi connectivity index (χ1v) is 29.8. The minimum atomic E-state index is -3.81. The van der Waals surface area contributed by atoms with Crippen LogP contribution in [0.1, 0.15) is 70.7 Å². The van der Waals surface area contributed by atoms with Crippen molar-refractivity contribution in [2.24, 2.45) is 23.7 Å². The van der Waals surface area contributed by atoms with Crippen LogP contribution in [0.25, 0.3) is 21.5 Å². The van der Waals surface area contributed by atoms with Gasteiger partial charge >= 0.3 is 0 Å². The van der Waals surface area contributed by atoms with E-state index in [9.17, 15) is 26.4 Å². The van der Waals surface area contributed by atoms with E-state index in [4.69, 9.17) is 0 Å². The first-order chi connectivity index (χ1) is 37.5. The van der Waals surface area contributed by atoms with E-state index in [1.54, 1.807) is 48.5 Å². The second kappa shape index (κ2) is 24.3. The predicted molar refractivity (Wildman–Crippen MR) is 314 cm³/mol. The van der Waals surface area contributed by atoms with Crippen LogP contribution < -0.4 is 20.1 Å². The number of piperidine rings is 2. The van der Waals surface area contributed by atoms with Crippen molar-refractivity contribution in [3.63, 3.8) is 0 Å². The summed E-state index contributed by atoms with van der Waals surface area (Å²) < 4.78 is 61.1. The van der Waals surface area contributed by atoms with Gasteiger partial charge in [0, 0.05) is 95.4 Å². The van der Waals surface area contributed by atoms with Gasteiger partial charge in [-0.2, -0.15) is 0 Å². The van der Waals surface area contributed by atoms with Gasteiger partial charge < -0.3 is 10.6 Å². The van der Waals surface area contributed by atoms with Crippen molar-refractivity contribution in [3.05, 3.63) is 215 Å². The highest BCUT2D eigenvalue weighted by Crippen LogP contribution is 2.34. The van der Waals surface area contributed by atoms with E-state index in [0.29, 0.717) is 44.0 Å². The molecule has 2 fully saturated rings. The van der Waals surface area contributed by atoms with Crippen LogP contribution in [0.15, 0.2) is 192 Å². The van der Waals surface area contributed by atoms with E-state index in [1.807, 2.05) is 123 Å². The zero-order valence-corrected chi connectivity index (χ0v) is 46.8. The summed E-state index contributed by atoms with van der Waals surface area (Å²) in [6.07, 6.45) is 0. The van der Waals surface area contributed by atoms with Crippen molar-refractivity contribution < 1.29 is 26.4 Å². The van der Waals surface area contributed by atoms with Crippen LogP contribution in [0.5, 0.6) is 0 Å². The Labute approximate surface area is 460 Å². The number of carbonyl (C=O) groups is 2. The molecule has 8 aromatic rings. The van der Waals surface area contributed by atoms with Crippen LogP contribution in [0, 0.1) is 37.5 Å². The Morgan fingerprint density at radius 2 is 0.718 bits per heavy atom. The van der Waals surface area contributed by atoms with Crippen LogP contribution >= 0.6 is 0 Å². The Bertz CT molecular complexity index is 3390. The lowest BCUT2D eigenvalue weighted by Crippen LogP contribution is -2.54. The Morgan fingerprint density at radius 1 is 0.410 bits per heavy atom. The Morgan fingerprint density at radius 3 is 1.06 bits per heavy atom. The molecule has 0 saturated carbocycles. The fourth-order valence-corrected chi connectivity index (χ4v) is 14.8. The summed E-state index contributed by atoms with van der Waals surface area (Å²) in [7, 11) is -7.63. The fourth-order valence-electron chi connectivity index (χ4n) is 11.5. The standard InChI is InChI=1S/2C32H35N3O3S/c2*1-22-11-7-8-14-26(22)32(36)33-29-17-18-30(28-16-10-9-15-27(28)29)39(37,38)34-31-23(2)19-35(20-24(31)3)21-25-12-5-4-6-13-25/h2*4-18,23-24,31,34H,19-21H2,1-3H3,(H,33,36)/t23-,24+,31?;23-,24-/m.0/s1. The number of nitrogens with zero attached hydrogens (tertiary/aromatic N) is 2. The van der Waals surface area contributed by atoms with Crippen molar-refractivity contribution in [2.45, 2.75) is 76.5 Å². The molecule has 2 aliphatic heterocycles. The van der Waals surface area contributed by atoms with Crippen molar-refractivity contribution in [2.75, 3.05) is 36.8 Å². The molecule has 4 N–H and O–H groups in total. The highest BCUT2D eigenvalue weighted by molar-refractivity contribution is 7.90. The van der Waals surface area contributed by atoms with Gasteiger partial charge in [-0.1, -0.05) is 173 Å². The molecule has 14 heteroatoms. The van der Waals surface area contributed by atoms with Crippen molar-refractivity contribution in [3.8, 4) is 0 Å². The molecule has 12 nitrogen and oxygen atoms in total. The third-order valence-corrected chi connectivity index (χ3v) is 18.4. The fraction of sp³-hybridized carbons (Fsp3) is 0.281. The maximum absolute atomic E-state index is 13.8. The molecule has 2 saturated heterocycles. The van der Waals surface area contributed by atoms with Crippen molar-refractivity contribution >= 4 is 64.8 Å². The molecule has 8 aromatic carbocycles. The molecule has 404 valence electrons. The third kappa shape index (κ3) is 12.9. The molecule has 1 unspecified atom stereocenters. The second-order valence-corrected chi connectivity index (χ2v) is 24.8. The number of sulfonamides is 2. The zero-order valence-electron chi connectivity index (χ0n) is 45.2. The first-order valence-electron chi connectivity index (χ1n) is 26.8. The molecular formula is C64H70N6O6S2. The van der Waals surface area contributed by atoms with Crippen LogP contribution in [0.3, 0.4) is 0 Å². The van der Waals surface area contributed by atoms with Gasteiger partial charge in [-0.15, -0.1) is 0 Å². The summed E-state index contributed by atoms with van der Waals surface area (Å²) in [5.74, 6) is 0.128. The lowest BCUT2D eigenvalue weighted by atomic mass is 9.86. The molecule has 78 heavy (non-hydrogen) atoms. The van der Waals surface area contributed by atoms with Gasteiger partial charge in [0.2, 0.25) is 20.0 Å². The molecule has 5 atom stereocenters. The molecule has 2 aliphatic rings. The van der Waals surface area contributed by atoms with E-state index in [1.165, 1.54) is 11.1 Å². The number of benzene rings is 8. The molecular weight excluding hydrogens is 1010 g/mol. The Balaban J connectivity index is 0.000000190. The van der Waals surface area contributed by atoms with Crippen LogP contribution in [-0.2, 0) is 33.1 Å². The van der Waals surface area contributed by atoms with Gasteiger partial charge in [0.1, 0.15) is 0 Å². The third-order valence-electron chi connectivity index (χ3n) is 15.3. The monoisotopic (exact) mass is 1080 g/mol. The maximum Gasteiger partial charge on any atom is 0.255 e. The number of likely N-dealkylation sites (tertiary alicyclic amines) is 2. The lowest BCUT2D eigenvalue weighted by Gasteiger charge is -2.41. The van der Waals surface area contributed by atoms with Crippen molar-refractivity contribution in [1.29, 1.82) is 0 Å². The number of hydrogen-bond acceptors (Lipinski definition) is 8. The van der Waals surface area contributed by atoms with Gasteiger partial charge in [0.15, 0.2) is 0 Å². The number of carbonyl (C=O) groups excluding carboxylic acids is 2. The SMILES string of the molecule is Cc1ccccc1C(=O)Nc1ccc(S(=O)(=O)NC2[C@@H](C)CN(Cc3ccccc3)C[C@@H]2C)c2ccccc12.Cc1ccccc1C(=O)Nc1ccc(S(=O)(=O)NC2[C@H](C)CN(Cc3ccccc3)C[C@@H]2C)c2ccccc12. The maximum atomic E-state index is 13.8. The second-order valence-electron chi connectivity index (χ2n) is 21.4. The van der Waals surface area contributed by atoms with Gasteiger partial charge in [0.25, 0.3) is 11.8 Å². The molecule has 0 radical (unpaired) electrons. The summed E-state index contributed by atoms with van der Waals surface area (Å²) in [5.41, 5.74) is 6.60. The molecule has 2 amide bonds. The topological polar surface area (TPSA) is 157 Å². The smallest absolute Gasteiger partial charge is 0.255 e. The van der Waals surface area contributed by atoms with Gasteiger partial charge in [-0.3, -0.25) is 19.4 Å². The quantitative estimate of drug-likeness (QED) is 0.0838. The Kier molecular flexibility index (Phi) is 17.4. The number of nitrogens with one attached hydrogen (secondary N) is 4. The number of hydrogen-bond donors (Lipinski definition) is 4. The number of amides is 2. The van der Waals surface area contributed by atoms with E-state index >= 15 is 0 Å². The minimum absolute atomic E-state index is 0.145. The normalized spacial score (nSPS) is 19.4. The van der Waals surface area contributed by atoms with Crippen molar-refractivity contribution in [1.82, 2.24) is 19.2 Å². The predicted octanol–water partition coefficient (Wildman–Crippen LogP) is 11.7. The molecule has 0 aromatic heterocycles. The summed E-state index contributed by atoms with van der Waals surface area (Å²) in [4.78, 5) is 31.2. The average Bonchev–Trinajstić information content (AvgIpc) is 3.59. The van der Waals surface area contributed by atoms with Gasteiger partial charge in [-0.05, 0) is 96.2 Å². The van der Waals surface area contributed by atoms with Gasteiger partial charge in [0.05, 0.1) is 9.79 Å². The van der Waals surface area contributed by atoms with E-state index in [-0.39, 0.29) is 57.4 Å². The molecule has 0 spiro atoms. The van der Waals surface area contributed by atoms with E-state index in [0.717, 1.165) is 50.4 Å². The summed E-state index contributed by atoms with van der Waals surface area (Å²) in [6, 6.07) is 56.3. The largest absolute Gasteiger partial charge is 0.321 e. The number of aryl methyl sites for hydroxylation is 2.